The van der Waals surface area contributed by atoms with Gasteiger partial charge in [0.05, 0.1) is 17.3 Å². The number of amides is 3. The lowest BCUT2D eigenvalue weighted by atomic mass is 9.88. The van der Waals surface area contributed by atoms with Crippen LogP contribution in [0.4, 0.5) is 29.1 Å². The number of hydrogen-bond acceptors (Lipinski definition) is 5. The smallest absolute Gasteiger partial charge is 0.252 e. The summed E-state index contributed by atoms with van der Waals surface area (Å²) in [6, 6.07) is 15.2. The molecule has 3 aromatic rings. The van der Waals surface area contributed by atoms with Gasteiger partial charge in [-0.15, -0.1) is 0 Å². The number of nitrogens with zero attached hydrogens (tertiary/aromatic N) is 4. The fourth-order valence-corrected chi connectivity index (χ4v) is 4.93. The molecule has 2 aliphatic rings. The second-order valence-corrected chi connectivity index (χ2v) is 10.3. The van der Waals surface area contributed by atoms with E-state index in [0.717, 1.165) is 29.0 Å². The van der Waals surface area contributed by atoms with Crippen LogP contribution in [0.3, 0.4) is 0 Å². The Labute approximate surface area is 245 Å². The van der Waals surface area contributed by atoms with E-state index in [4.69, 9.17) is 5.26 Å². The first-order chi connectivity index (χ1) is 20.6. The Kier molecular flexibility index (Phi) is 10.1. The van der Waals surface area contributed by atoms with E-state index in [9.17, 15) is 31.9 Å². The molecule has 1 aliphatic carbocycles. The van der Waals surface area contributed by atoms with Gasteiger partial charge in [0.25, 0.3) is 5.92 Å². The molecule has 1 saturated carbocycles. The second kappa shape index (κ2) is 13.9. The van der Waals surface area contributed by atoms with Gasteiger partial charge in [0.2, 0.25) is 18.2 Å². The maximum absolute atomic E-state index is 13.6. The molecule has 0 bridgehead atoms. The lowest BCUT2D eigenvalue weighted by Gasteiger charge is -2.37. The molecule has 12 heteroatoms. The van der Waals surface area contributed by atoms with Crippen LogP contribution in [0.1, 0.15) is 43.2 Å². The Morgan fingerprint density at radius 1 is 1.14 bits per heavy atom. The number of halogens is 4. The van der Waals surface area contributed by atoms with E-state index in [2.05, 4.69) is 10.3 Å². The molecule has 1 N–H and O–H groups in total. The normalized spacial score (nSPS) is 16.3. The SMILES string of the molecule is N#Cc1ccnc(N2CCCC2=O)c1.O=CN(c1cc(F)cc(F)c1)C(CCc1ccccc1)C(=O)NC1CC(F)(F)C1. The molecule has 0 radical (unpaired) electrons. The maximum Gasteiger partial charge on any atom is 0.252 e. The van der Waals surface area contributed by atoms with Gasteiger partial charge in [-0.2, -0.15) is 5.26 Å². The third-order valence-electron chi connectivity index (χ3n) is 7.11. The molecule has 0 spiro atoms. The first-order valence-corrected chi connectivity index (χ1v) is 13.7. The van der Waals surface area contributed by atoms with E-state index in [1.807, 2.05) is 36.4 Å². The number of alkyl halides is 2. The third kappa shape index (κ3) is 8.38. The highest BCUT2D eigenvalue weighted by Crippen LogP contribution is 2.37. The summed E-state index contributed by atoms with van der Waals surface area (Å²) in [6.45, 7) is 0.709. The molecule has 224 valence electrons. The fraction of sp³-hybridized carbons (Fsp3) is 0.323. The van der Waals surface area contributed by atoms with Crippen molar-refractivity contribution in [3.05, 3.63) is 89.6 Å². The largest absolute Gasteiger partial charge is 0.351 e. The van der Waals surface area contributed by atoms with Gasteiger partial charge in [-0.3, -0.25) is 19.3 Å². The number of anilines is 2. The summed E-state index contributed by atoms with van der Waals surface area (Å²) in [7, 11) is 0. The van der Waals surface area contributed by atoms with Crippen LogP contribution < -0.4 is 15.1 Å². The van der Waals surface area contributed by atoms with E-state index in [0.29, 0.717) is 43.2 Å². The van der Waals surface area contributed by atoms with Crippen molar-refractivity contribution < 1.29 is 31.9 Å². The summed E-state index contributed by atoms with van der Waals surface area (Å²) in [4.78, 5) is 42.5. The Bertz CT molecular complexity index is 1470. The van der Waals surface area contributed by atoms with Crippen LogP contribution in [0.5, 0.6) is 0 Å². The summed E-state index contributed by atoms with van der Waals surface area (Å²) in [5, 5.41) is 11.2. The average Bonchev–Trinajstić information content (AvgIpc) is 3.40. The Morgan fingerprint density at radius 3 is 2.42 bits per heavy atom. The van der Waals surface area contributed by atoms with Gasteiger partial charge in [0.15, 0.2) is 0 Å². The molecule has 1 aliphatic heterocycles. The topological polar surface area (TPSA) is 106 Å². The van der Waals surface area contributed by atoms with Gasteiger partial charge < -0.3 is 10.2 Å². The van der Waals surface area contributed by atoms with Crippen LogP contribution in [-0.4, -0.2) is 47.8 Å². The van der Waals surface area contributed by atoms with Crippen molar-refractivity contribution in [3.63, 3.8) is 0 Å². The number of aryl methyl sites for hydroxylation is 1. The highest BCUT2D eigenvalue weighted by Gasteiger charge is 2.46. The first-order valence-electron chi connectivity index (χ1n) is 13.7. The Balaban J connectivity index is 0.000000251. The lowest BCUT2D eigenvalue weighted by Crippen LogP contribution is -2.56. The zero-order chi connectivity index (χ0) is 31.0. The first kappa shape index (κ1) is 31.2. The molecule has 3 amide bonds. The fourth-order valence-electron chi connectivity index (χ4n) is 4.93. The van der Waals surface area contributed by atoms with Crippen LogP contribution in [0.2, 0.25) is 0 Å². The monoisotopic (exact) mass is 595 g/mol. The van der Waals surface area contributed by atoms with Crippen molar-refractivity contribution in [1.82, 2.24) is 10.3 Å². The van der Waals surface area contributed by atoms with Gasteiger partial charge in [0, 0.05) is 44.1 Å². The number of nitriles is 1. The van der Waals surface area contributed by atoms with Crippen LogP contribution in [0, 0.1) is 23.0 Å². The van der Waals surface area contributed by atoms with Crippen molar-refractivity contribution in [3.8, 4) is 6.07 Å². The van der Waals surface area contributed by atoms with E-state index in [1.165, 1.54) is 0 Å². The number of hydrogen-bond donors (Lipinski definition) is 1. The molecule has 1 atom stereocenters. The third-order valence-corrected chi connectivity index (χ3v) is 7.11. The number of carbonyl (C=O) groups is 3. The number of rotatable bonds is 9. The Morgan fingerprint density at radius 2 is 1.84 bits per heavy atom. The standard InChI is InChI=1S/C21H20F4N2O2.C10H9N3O/c22-15-8-16(23)10-18(9-15)27(13-28)19(7-6-14-4-2-1-3-5-14)20(29)26-17-11-21(24,25)12-17;11-7-8-3-4-12-9(6-8)13-5-1-2-10(13)14/h1-5,8-10,13,17,19H,6-7,11-12H2,(H,26,29);3-4,6H,1-2,5H2. The molecule has 43 heavy (non-hydrogen) atoms. The summed E-state index contributed by atoms with van der Waals surface area (Å²) in [5.41, 5.74) is 1.32. The van der Waals surface area contributed by atoms with Crippen molar-refractivity contribution in [2.75, 3.05) is 16.3 Å². The summed E-state index contributed by atoms with van der Waals surface area (Å²) >= 11 is 0. The van der Waals surface area contributed by atoms with Crippen LogP contribution in [0.15, 0.2) is 66.9 Å². The minimum absolute atomic E-state index is 0.0904. The number of pyridine rings is 1. The van der Waals surface area contributed by atoms with Crippen LogP contribution in [0.25, 0.3) is 0 Å². The van der Waals surface area contributed by atoms with E-state index >= 15 is 0 Å². The predicted molar refractivity (Wildman–Crippen MR) is 150 cm³/mol. The van der Waals surface area contributed by atoms with Crippen molar-refractivity contribution >= 4 is 29.7 Å². The van der Waals surface area contributed by atoms with E-state index in [-0.39, 0.29) is 18.0 Å². The van der Waals surface area contributed by atoms with E-state index in [1.54, 1.807) is 23.2 Å². The van der Waals surface area contributed by atoms with Gasteiger partial charge in [-0.1, -0.05) is 30.3 Å². The molecular formula is C31H29F4N5O3. The summed E-state index contributed by atoms with van der Waals surface area (Å²) in [6.07, 6.45) is 2.94. The molecule has 5 rings (SSSR count). The van der Waals surface area contributed by atoms with Crippen molar-refractivity contribution in [1.29, 1.82) is 5.26 Å². The van der Waals surface area contributed by atoms with E-state index < -0.39 is 48.4 Å². The summed E-state index contributed by atoms with van der Waals surface area (Å²) in [5.74, 6) is -4.56. The maximum atomic E-state index is 13.6. The van der Waals surface area contributed by atoms with Crippen molar-refractivity contribution in [2.24, 2.45) is 0 Å². The number of aromatic nitrogens is 1. The second-order valence-electron chi connectivity index (χ2n) is 10.3. The quantitative estimate of drug-likeness (QED) is 0.279. The minimum Gasteiger partial charge on any atom is -0.351 e. The number of carbonyl (C=O) groups excluding carboxylic acids is 3. The van der Waals surface area contributed by atoms with Gasteiger partial charge in [-0.05, 0) is 49.1 Å². The molecule has 1 saturated heterocycles. The minimum atomic E-state index is -2.81. The Hall–Kier alpha value is -4.79. The molecular weight excluding hydrogens is 566 g/mol. The molecule has 2 fully saturated rings. The highest BCUT2D eigenvalue weighted by atomic mass is 19.3. The van der Waals surface area contributed by atoms with Gasteiger partial charge >= 0.3 is 0 Å². The molecule has 1 unspecified atom stereocenters. The van der Waals surface area contributed by atoms with Crippen LogP contribution in [-0.2, 0) is 20.8 Å². The van der Waals surface area contributed by atoms with Gasteiger partial charge in [0.1, 0.15) is 23.5 Å². The predicted octanol–water partition coefficient (Wildman–Crippen LogP) is 4.92. The number of benzene rings is 2. The lowest BCUT2D eigenvalue weighted by molar-refractivity contribution is -0.131. The molecule has 2 heterocycles. The summed E-state index contributed by atoms with van der Waals surface area (Å²) < 4.78 is 53.4. The van der Waals surface area contributed by atoms with Crippen LogP contribution >= 0.6 is 0 Å². The van der Waals surface area contributed by atoms with Crippen molar-refractivity contribution in [2.45, 2.75) is 56.5 Å². The molecule has 8 nitrogen and oxygen atoms in total. The zero-order valence-electron chi connectivity index (χ0n) is 23.1. The molecule has 1 aromatic heterocycles. The highest BCUT2D eigenvalue weighted by molar-refractivity contribution is 5.94. The zero-order valence-corrected chi connectivity index (χ0v) is 23.1. The molecule has 2 aromatic carbocycles. The number of nitrogens with one attached hydrogen (secondary N) is 1. The average molecular weight is 596 g/mol. The van der Waals surface area contributed by atoms with Gasteiger partial charge in [-0.25, -0.2) is 22.5 Å².